The van der Waals surface area contributed by atoms with Crippen molar-refractivity contribution >= 4 is 23.4 Å². The Labute approximate surface area is 252 Å². The van der Waals surface area contributed by atoms with Gasteiger partial charge in [-0.15, -0.1) is 0 Å². The Kier molecular flexibility index (Phi) is 8.74. The fourth-order valence-electron chi connectivity index (χ4n) is 4.86. The quantitative estimate of drug-likeness (QED) is 0.266. The maximum atomic E-state index is 13.9. The number of thiazole rings is 1. The highest BCUT2D eigenvalue weighted by Gasteiger charge is 2.35. The van der Waals surface area contributed by atoms with Crippen molar-refractivity contribution in [1.29, 1.82) is 5.26 Å². The smallest absolute Gasteiger partial charge is 0.338 e. The third kappa shape index (κ3) is 5.94. The summed E-state index contributed by atoms with van der Waals surface area (Å²) < 4.78 is 24.3. The number of methoxy groups -OCH3 is 2. The molecular weight excluding hydrogens is 566 g/mol. The van der Waals surface area contributed by atoms with Crippen LogP contribution in [0.25, 0.3) is 6.08 Å². The van der Waals surface area contributed by atoms with Crippen LogP contribution in [-0.2, 0) is 16.1 Å². The molecule has 1 aliphatic heterocycles. The first kappa shape index (κ1) is 29.4. The topological polar surface area (TPSA) is 112 Å². The van der Waals surface area contributed by atoms with Crippen LogP contribution in [0.5, 0.6) is 17.2 Å². The number of esters is 1. The number of allylic oxidation sites excluding steroid dienone is 1. The molecule has 0 radical (unpaired) electrons. The van der Waals surface area contributed by atoms with Crippen LogP contribution in [-0.4, -0.2) is 31.4 Å². The van der Waals surface area contributed by atoms with Gasteiger partial charge in [0.25, 0.3) is 5.56 Å². The lowest BCUT2D eigenvalue weighted by atomic mass is 9.95. The number of hydrogen-bond donors (Lipinski definition) is 0. The van der Waals surface area contributed by atoms with Crippen LogP contribution in [0.15, 0.2) is 87.8 Å². The molecule has 1 aromatic heterocycles. The summed E-state index contributed by atoms with van der Waals surface area (Å²) in [7, 11) is 3.08. The van der Waals surface area contributed by atoms with Gasteiger partial charge < -0.3 is 18.9 Å². The standard InChI is InChI=1S/C33H29N3O6S/c1-5-41-32(38)29-20(2)35-33-36(30(29)26-15-14-25(39-3)17-27(26)40-4)31(37)28(43-33)16-21-10-12-24(13-11-21)42-19-23-9-7-6-8-22(23)18-34/h6-17,30H,5,19H2,1-4H3/b28-16+/t30-/m0/s1. The monoisotopic (exact) mass is 595 g/mol. The highest BCUT2D eigenvalue weighted by atomic mass is 32.1. The Morgan fingerprint density at radius 1 is 1.07 bits per heavy atom. The lowest BCUT2D eigenvalue weighted by molar-refractivity contribution is -0.139. The van der Waals surface area contributed by atoms with Crippen molar-refractivity contribution in [2.45, 2.75) is 26.5 Å². The summed E-state index contributed by atoms with van der Waals surface area (Å²) in [6.07, 6.45) is 1.78. The van der Waals surface area contributed by atoms with E-state index in [1.165, 1.54) is 23.0 Å². The Morgan fingerprint density at radius 3 is 2.51 bits per heavy atom. The largest absolute Gasteiger partial charge is 0.497 e. The molecule has 0 amide bonds. The van der Waals surface area contributed by atoms with Crippen molar-refractivity contribution in [3.05, 3.63) is 120 Å². The van der Waals surface area contributed by atoms with Crippen molar-refractivity contribution in [2.24, 2.45) is 4.99 Å². The lowest BCUT2D eigenvalue weighted by Crippen LogP contribution is -2.40. The molecule has 0 saturated heterocycles. The van der Waals surface area contributed by atoms with Gasteiger partial charge >= 0.3 is 5.97 Å². The minimum atomic E-state index is -0.814. The number of benzene rings is 3. The maximum Gasteiger partial charge on any atom is 0.338 e. The molecule has 0 fully saturated rings. The summed E-state index contributed by atoms with van der Waals surface area (Å²) in [6.45, 7) is 3.91. The van der Waals surface area contributed by atoms with Crippen molar-refractivity contribution in [3.8, 4) is 23.3 Å². The molecular formula is C33H29N3O6S. The third-order valence-electron chi connectivity index (χ3n) is 6.96. The Bertz CT molecular complexity index is 1930. The van der Waals surface area contributed by atoms with Crippen molar-refractivity contribution in [1.82, 2.24) is 4.57 Å². The number of carbonyl (C=O) groups excluding carboxylic acids is 1. The fraction of sp³-hybridized carbons (Fsp3) is 0.212. The highest BCUT2D eigenvalue weighted by Crippen LogP contribution is 2.37. The zero-order valence-corrected chi connectivity index (χ0v) is 24.9. The zero-order valence-electron chi connectivity index (χ0n) is 24.1. The summed E-state index contributed by atoms with van der Waals surface area (Å²) in [5.41, 5.74) is 3.20. The Morgan fingerprint density at radius 2 is 1.81 bits per heavy atom. The first-order valence-electron chi connectivity index (χ1n) is 13.5. The van der Waals surface area contributed by atoms with E-state index >= 15 is 0 Å². The number of hydrogen-bond acceptors (Lipinski definition) is 9. The lowest BCUT2D eigenvalue weighted by Gasteiger charge is -2.26. The number of rotatable bonds is 9. The Hall–Kier alpha value is -5.14. The van der Waals surface area contributed by atoms with E-state index in [9.17, 15) is 14.9 Å². The van der Waals surface area contributed by atoms with Gasteiger partial charge in [-0.1, -0.05) is 41.7 Å². The van der Waals surface area contributed by atoms with Crippen molar-refractivity contribution in [3.63, 3.8) is 0 Å². The minimum Gasteiger partial charge on any atom is -0.497 e. The molecule has 0 aliphatic carbocycles. The summed E-state index contributed by atoms with van der Waals surface area (Å²) in [4.78, 5) is 32.2. The minimum absolute atomic E-state index is 0.178. The maximum absolute atomic E-state index is 13.9. The number of nitriles is 1. The molecule has 0 unspecified atom stereocenters. The van der Waals surface area contributed by atoms with E-state index in [0.29, 0.717) is 43.4 Å². The van der Waals surface area contributed by atoms with E-state index < -0.39 is 12.0 Å². The molecule has 0 bridgehead atoms. The van der Waals surface area contributed by atoms with Crippen LogP contribution in [0.1, 0.15) is 42.1 Å². The zero-order chi connectivity index (χ0) is 30.5. The van der Waals surface area contributed by atoms with E-state index in [-0.39, 0.29) is 24.3 Å². The third-order valence-corrected chi connectivity index (χ3v) is 7.95. The van der Waals surface area contributed by atoms with Gasteiger partial charge in [0.1, 0.15) is 29.9 Å². The molecule has 0 N–H and O–H groups in total. The molecule has 5 rings (SSSR count). The first-order valence-corrected chi connectivity index (χ1v) is 14.3. The second kappa shape index (κ2) is 12.8. The van der Waals surface area contributed by atoms with Crippen LogP contribution in [0.3, 0.4) is 0 Å². The number of carbonyl (C=O) groups is 1. The van der Waals surface area contributed by atoms with Crippen LogP contribution in [0.4, 0.5) is 0 Å². The Balaban J connectivity index is 1.53. The van der Waals surface area contributed by atoms with E-state index in [4.69, 9.17) is 18.9 Å². The average molecular weight is 596 g/mol. The molecule has 218 valence electrons. The number of aromatic nitrogens is 1. The molecule has 0 saturated carbocycles. The van der Waals surface area contributed by atoms with E-state index in [1.807, 2.05) is 42.5 Å². The van der Waals surface area contributed by atoms with E-state index in [1.54, 1.807) is 51.3 Å². The van der Waals surface area contributed by atoms with E-state index in [2.05, 4.69) is 11.1 Å². The number of nitrogens with zero attached hydrogens (tertiary/aromatic N) is 3. The summed E-state index contributed by atoms with van der Waals surface area (Å²) in [5, 5.41) is 9.30. The molecule has 0 spiro atoms. The molecule has 1 aliphatic rings. The van der Waals surface area contributed by atoms with E-state index in [0.717, 1.165) is 11.1 Å². The molecule has 2 heterocycles. The van der Waals surface area contributed by atoms with Crippen molar-refractivity contribution < 1.29 is 23.7 Å². The second-order valence-corrected chi connectivity index (χ2v) is 10.5. The van der Waals surface area contributed by atoms with Crippen LogP contribution >= 0.6 is 11.3 Å². The second-order valence-electron chi connectivity index (χ2n) is 9.54. The summed E-state index contributed by atoms with van der Waals surface area (Å²) in [6, 6.07) is 21.2. The first-order chi connectivity index (χ1) is 20.9. The van der Waals surface area contributed by atoms with Gasteiger partial charge in [-0.3, -0.25) is 9.36 Å². The van der Waals surface area contributed by atoms with Gasteiger partial charge in [0.2, 0.25) is 0 Å². The van der Waals surface area contributed by atoms with Gasteiger partial charge in [-0.05, 0) is 55.8 Å². The summed E-state index contributed by atoms with van der Waals surface area (Å²) >= 11 is 1.24. The number of fused-ring (bicyclic) bond motifs is 1. The van der Waals surface area contributed by atoms with Gasteiger partial charge in [-0.25, -0.2) is 9.79 Å². The molecule has 1 atom stereocenters. The highest BCUT2D eigenvalue weighted by molar-refractivity contribution is 7.07. The molecule has 3 aromatic carbocycles. The summed E-state index contributed by atoms with van der Waals surface area (Å²) in [5.74, 6) is 1.12. The van der Waals surface area contributed by atoms with Crippen LogP contribution < -0.4 is 29.1 Å². The number of ether oxygens (including phenoxy) is 4. The molecule has 43 heavy (non-hydrogen) atoms. The van der Waals surface area contributed by atoms with Gasteiger partial charge in [0.15, 0.2) is 4.80 Å². The molecule has 10 heteroatoms. The van der Waals surface area contributed by atoms with Crippen LogP contribution in [0, 0.1) is 11.3 Å². The molecule has 4 aromatic rings. The van der Waals surface area contributed by atoms with Gasteiger partial charge in [-0.2, -0.15) is 5.26 Å². The van der Waals surface area contributed by atoms with Gasteiger partial charge in [0, 0.05) is 17.2 Å². The molecule has 9 nitrogen and oxygen atoms in total. The normalized spacial score (nSPS) is 14.4. The SMILES string of the molecule is CCOC(=O)C1=C(C)N=c2s/c(=C/c3ccc(OCc4ccccc4C#N)cc3)c(=O)n2[C@H]1c1ccc(OC)cc1OC. The predicted molar refractivity (Wildman–Crippen MR) is 162 cm³/mol. The predicted octanol–water partition coefficient (Wildman–Crippen LogP) is 4.27. The van der Waals surface area contributed by atoms with Crippen molar-refractivity contribution in [2.75, 3.05) is 20.8 Å². The fourth-order valence-corrected chi connectivity index (χ4v) is 5.90. The average Bonchev–Trinajstić information content (AvgIpc) is 3.33. The van der Waals surface area contributed by atoms with Gasteiger partial charge in [0.05, 0.1) is 48.3 Å². The van der Waals surface area contributed by atoms with Crippen LogP contribution in [0.2, 0.25) is 0 Å².